The second-order valence-electron chi connectivity index (χ2n) is 8.19. The molecule has 1 aliphatic rings. The van der Waals surface area contributed by atoms with Crippen LogP contribution in [0.2, 0.25) is 5.02 Å². The Kier molecular flexibility index (Phi) is 9.33. The quantitative estimate of drug-likeness (QED) is 0.447. The Morgan fingerprint density at radius 3 is 2.74 bits per heavy atom. The van der Waals surface area contributed by atoms with E-state index in [9.17, 15) is 22.5 Å². The van der Waals surface area contributed by atoms with Crippen molar-refractivity contribution in [2.24, 2.45) is 5.73 Å². The van der Waals surface area contributed by atoms with Crippen molar-refractivity contribution in [2.75, 3.05) is 18.8 Å². The fraction of sp³-hybridized carbons (Fsp3) is 0.435. The second kappa shape index (κ2) is 11.6. The molecule has 1 unspecified atom stereocenters. The SMILES string of the molecule is CC[S+]([O-])c1ccc(Cl)cc1CNC(=O)c1cc(Br)c(CN2CCC[C@@H](N)C2)c(C(F)(F)F)c1. The third-order valence-corrected chi connectivity index (χ3v) is 8.01. The summed E-state index contributed by atoms with van der Waals surface area (Å²) in [5.41, 5.74) is 5.62. The van der Waals surface area contributed by atoms with Crippen molar-refractivity contribution in [3.8, 4) is 0 Å². The van der Waals surface area contributed by atoms with Crippen LogP contribution in [0.1, 0.15) is 46.8 Å². The highest BCUT2D eigenvalue weighted by Crippen LogP contribution is 2.37. The van der Waals surface area contributed by atoms with Crippen LogP contribution >= 0.6 is 27.5 Å². The van der Waals surface area contributed by atoms with Crippen LogP contribution in [-0.4, -0.2) is 40.2 Å². The molecule has 0 bridgehead atoms. The Balaban J connectivity index is 1.84. The Labute approximate surface area is 213 Å². The summed E-state index contributed by atoms with van der Waals surface area (Å²) >= 11 is 8.01. The molecule has 0 aromatic heterocycles. The molecule has 11 heteroatoms. The zero-order valence-corrected chi connectivity index (χ0v) is 21.7. The molecular weight excluding hydrogens is 555 g/mol. The van der Waals surface area contributed by atoms with Gasteiger partial charge in [-0.25, -0.2) is 0 Å². The Morgan fingerprint density at radius 2 is 2.09 bits per heavy atom. The van der Waals surface area contributed by atoms with Gasteiger partial charge in [0.25, 0.3) is 5.91 Å². The molecular formula is C23H26BrClF3N3O2S. The van der Waals surface area contributed by atoms with Gasteiger partial charge in [0.05, 0.1) is 5.56 Å². The molecule has 5 nitrogen and oxygen atoms in total. The number of nitrogens with zero attached hydrogens (tertiary/aromatic N) is 1. The molecule has 1 amide bonds. The minimum atomic E-state index is -4.63. The molecule has 0 saturated carbocycles. The van der Waals surface area contributed by atoms with Crippen molar-refractivity contribution in [3.05, 3.63) is 62.1 Å². The van der Waals surface area contributed by atoms with E-state index in [1.807, 2.05) is 4.90 Å². The van der Waals surface area contributed by atoms with E-state index in [0.29, 0.717) is 34.3 Å². The van der Waals surface area contributed by atoms with Crippen molar-refractivity contribution < 1.29 is 22.5 Å². The van der Waals surface area contributed by atoms with E-state index in [2.05, 4.69) is 21.2 Å². The predicted molar refractivity (Wildman–Crippen MR) is 131 cm³/mol. The Hall–Kier alpha value is -1.30. The number of carbonyl (C=O) groups is 1. The van der Waals surface area contributed by atoms with Crippen molar-refractivity contribution in [2.45, 2.75) is 50.0 Å². The minimum Gasteiger partial charge on any atom is -0.611 e. The number of benzene rings is 2. The van der Waals surface area contributed by atoms with Gasteiger partial charge in [-0.3, -0.25) is 9.69 Å². The van der Waals surface area contributed by atoms with E-state index in [1.165, 1.54) is 6.07 Å². The van der Waals surface area contributed by atoms with Crippen molar-refractivity contribution in [3.63, 3.8) is 0 Å². The van der Waals surface area contributed by atoms with Crippen molar-refractivity contribution in [1.29, 1.82) is 0 Å². The van der Waals surface area contributed by atoms with Gasteiger partial charge in [-0.2, -0.15) is 13.2 Å². The lowest BCUT2D eigenvalue weighted by atomic mass is 10.00. The number of halogens is 5. The van der Waals surface area contributed by atoms with Crippen LogP contribution in [0.25, 0.3) is 0 Å². The summed E-state index contributed by atoms with van der Waals surface area (Å²) in [4.78, 5) is 15.2. The van der Waals surface area contributed by atoms with Crippen LogP contribution in [0.5, 0.6) is 0 Å². The largest absolute Gasteiger partial charge is 0.611 e. The third-order valence-electron chi connectivity index (χ3n) is 5.66. The number of nitrogens with two attached hydrogens (primary N) is 1. The number of rotatable bonds is 7. The molecule has 1 fully saturated rings. The molecule has 34 heavy (non-hydrogen) atoms. The van der Waals surface area contributed by atoms with Gasteiger partial charge in [0.15, 0.2) is 4.90 Å². The van der Waals surface area contributed by atoms with Crippen LogP contribution in [0, 0.1) is 0 Å². The molecule has 2 aromatic carbocycles. The topological polar surface area (TPSA) is 81.4 Å². The van der Waals surface area contributed by atoms with Crippen LogP contribution < -0.4 is 11.1 Å². The maximum Gasteiger partial charge on any atom is 0.416 e. The maximum absolute atomic E-state index is 13.9. The van der Waals surface area contributed by atoms with Crippen molar-refractivity contribution in [1.82, 2.24) is 10.2 Å². The average molecular weight is 581 g/mol. The fourth-order valence-corrected chi connectivity index (χ4v) is 5.72. The van der Waals surface area contributed by atoms with Gasteiger partial charge >= 0.3 is 6.18 Å². The first-order valence-corrected chi connectivity index (χ1v) is 13.3. The first-order chi connectivity index (χ1) is 16.0. The highest BCUT2D eigenvalue weighted by Gasteiger charge is 2.36. The summed E-state index contributed by atoms with van der Waals surface area (Å²) in [5.74, 6) is -0.292. The van der Waals surface area contributed by atoms with E-state index in [1.54, 1.807) is 25.1 Å². The summed E-state index contributed by atoms with van der Waals surface area (Å²) in [6.07, 6.45) is -2.96. The van der Waals surface area contributed by atoms with Crippen LogP contribution in [0.15, 0.2) is 39.7 Å². The normalized spacial score (nSPS) is 18.1. The summed E-state index contributed by atoms with van der Waals surface area (Å²) in [5, 5.41) is 3.03. The second-order valence-corrected chi connectivity index (χ2v) is 11.2. The molecule has 2 atom stereocenters. The van der Waals surface area contributed by atoms with Crippen LogP contribution in [-0.2, 0) is 30.4 Å². The lowest BCUT2D eigenvalue weighted by molar-refractivity contribution is -0.138. The monoisotopic (exact) mass is 579 g/mol. The lowest BCUT2D eigenvalue weighted by Crippen LogP contribution is -2.42. The number of likely N-dealkylation sites (tertiary alicyclic amines) is 1. The van der Waals surface area contributed by atoms with Gasteiger partial charge in [-0.15, -0.1) is 0 Å². The van der Waals surface area contributed by atoms with Gasteiger partial charge in [0.2, 0.25) is 0 Å². The van der Waals surface area contributed by atoms with Gasteiger partial charge in [-0.1, -0.05) is 27.5 Å². The van der Waals surface area contributed by atoms with Crippen LogP contribution in [0.4, 0.5) is 13.2 Å². The third kappa shape index (κ3) is 6.89. The molecule has 3 rings (SSSR count). The molecule has 1 heterocycles. The van der Waals surface area contributed by atoms with Gasteiger partial charge in [0, 0.05) is 46.3 Å². The summed E-state index contributed by atoms with van der Waals surface area (Å²) in [6, 6.07) is 7.04. The number of nitrogens with one attached hydrogen (secondary N) is 1. The highest BCUT2D eigenvalue weighted by atomic mass is 79.9. The van der Waals surface area contributed by atoms with Crippen molar-refractivity contribution >= 4 is 44.6 Å². The molecule has 0 radical (unpaired) electrons. The summed E-state index contributed by atoms with van der Waals surface area (Å²) < 4.78 is 54.3. The molecule has 1 aliphatic heterocycles. The summed E-state index contributed by atoms with van der Waals surface area (Å²) in [6.45, 7) is 3.02. The van der Waals surface area contributed by atoms with E-state index >= 15 is 0 Å². The van der Waals surface area contributed by atoms with Crippen LogP contribution in [0.3, 0.4) is 0 Å². The Bertz CT molecular complexity index is 1040. The molecule has 186 valence electrons. The molecule has 2 aromatic rings. The smallest absolute Gasteiger partial charge is 0.416 e. The number of hydrogen-bond donors (Lipinski definition) is 2. The average Bonchev–Trinajstić information content (AvgIpc) is 2.77. The minimum absolute atomic E-state index is 0.0210. The van der Waals surface area contributed by atoms with E-state index in [4.69, 9.17) is 17.3 Å². The number of hydrogen-bond acceptors (Lipinski definition) is 4. The zero-order valence-electron chi connectivity index (χ0n) is 18.6. The van der Waals surface area contributed by atoms with E-state index < -0.39 is 28.8 Å². The van der Waals surface area contributed by atoms with E-state index in [-0.39, 0.29) is 34.7 Å². The maximum atomic E-state index is 13.9. The van der Waals surface area contributed by atoms with Gasteiger partial charge in [-0.05, 0) is 73.4 Å². The summed E-state index contributed by atoms with van der Waals surface area (Å²) in [7, 11) is 0. The molecule has 0 spiro atoms. The molecule has 3 N–H and O–H groups in total. The lowest BCUT2D eigenvalue weighted by Gasteiger charge is -2.31. The van der Waals surface area contributed by atoms with E-state index in [0.717, 1.165) is 18.9 Å². The van der Waals surface area contributed by atoms with Gasteiger partial charge < -0.3 is 15.6 Å². The molecule has 0 aliphatic carbocycles. The number of alkyl halides is 3. The first-order valence-electron chi connectivity index (χ1n) is 10.8. The number of piperidine rings is 1. The standard InChI is InChI=1S/C23H26BrClF3N3O2S/c1-2-34(33)21-6-5-16(25)8-15(21)11-30-22(32)14-9-19(23(26,27)28)18(20(24)10-14)13-31-7-3-4-17(29)12-31/h5-6,8-10,17H,2-4,7,11-13,29H2,1H3,(H,30,32)/t17-,34?/m1/s1. The zero-order chi connectivity index (χ0) is 25.0. The Morgan fingerprint density at radius 1 is 1.35 bits per heavy atom. The number of carbonyl (C=O) groups excluding carboxylic acids is 1. The predicted octanol–water partition coefficient (Wildman–Crippen LogP) is 5.10. The first kappa shape index (κ1) is 27.3. The highest BCUT2D eigenvalue weighted by molar-refractivity contribution is 9.10. The molecule has 1 saturated heterocycles. The fourth-order valence-electron chi connectivity index (χ4n) is 3.98. The van der Waals surface area contributed by atoms with Gasteiger partial charge in [0.1, 0.15) is 5.75 Å². The number of amides is 1.